The summed E-state index contributed by atoms with van der Waals surface area (Å²) in [6, 6.07) is 10.3. The third-order valence-electron chi connectivity index (χ3n) is 5.38. The molecule has 0 bridgehead atoms. The number of aromatic nitrogens is 4. The molecule has 0 saturated carbocycles. The number of hydrogen-bond donors (Lipinski definition) is 1. The smallest absolute Gasteiger partial charge is 0.257 e. The molecule has 3 aromatic rings. The molecule has 0 aliphatic carbocycles. The summed E-state index contributed by atoms with van der Waals surface area (Å²) in [6.45, 7) is 8.11. The number of anilines is 1. The van der Waals surface area contributed by atoms with Gasteiger partial charge in [-0.05, 0) is 32.9 Å². The zero-order chi connectivity index (χ0) is 21.3. The van der Waals surface area contributed by atoms with Crippen molar-refractivity contribution in [3.05, 3.63) is 53.5 Å². The van der Waals surface area contributed by atoms with E-state index in [-0.39, 0.29) is 11.8 Å². The first kappa shape index (κ1) is 19.8. The third-order valence-corrected chi connectivity index (χ3v) is 5.38. The average Bonchev–Trinajstić information content (AvgIpc) is 3.15. The van der Waals surface area contributed by atoms with Gasteiger partial charge in [0.15, 0.2) is 0 Å². The van der Waals surface area contributed by atoms with Crippen molar-refractivity contribution >= 4 is 23.4 Å². The molecule has 1 aromatic carbocycles. The van der Waals surface area contributed by atoms with Crippen LogP contribution in [0.5, 0.6) is 0 Å². The Morgan fingerprint density at radius 1 is 1.03 bits per heavy atom. The summed E-state index contributed by atoms with van der Waals surface area (Å²) < 4.78 is 1.92. The topological polar surface area (TPSA) is 95.7 Å². The number of amides is 2. The lowest BCUT2D eigenvalue weighted by Crippen LogP contribution is -2.54. The van der Waals surface area contributed by atoms with Gasteiger partial charge in [-0.3, -0.25) is 14.0 Å². The van der Waals surface area contributed by atoms with E-state index in [1.165, 1.54) is 0 Å². The van der Waals surface area contributed by atoms with E-state index in [1.54, 1.807) is 36.1 Å². The number of hydrogen-bond acceptors (Lipinski definition) is 6. The quantitative estimate of drug-likeness (QED) is 0.698. The lowest BCUT2D eigenvalue weighted by atomic mass is 10.2. The van der Waals surface area contributed by atoms with Crippen LogP contribution >= 0.6 is 0 Å². The predicted molar refractivity (Wildman–Crippen MR) is 112 cm³/mol. The van der Waals surface area contributed by atoms with Crippen LogP contribution < -0.4 is 10.2 Å². The van der Waals surface area contributed by atoms with Crippen molar-refractivity contribution in [2.24, 2.45) is 0 Å². The molecule has 9 heteroatoms. The van der Waals surface area contributed by atoms with Crippen LogP contribution in [0.1, 0.15) is 28.8 Å². The second kappa shape index (κ2) is 8.10. The van der Waals surface area contributed by atoms with Crippen LogP contribution in [0.3, 0.4) is 0 Å². The van der Waals surface area contributed by atoms with Crippen LogP contribution in [-0.4, -0.2) is 68.5 Å². The van der Waals surface area contributed by atoms with Crippen molar-refractivity contribution in [2.45, 2.75) is 26.8 Å². The second-order valence-electron chi connectivity index (χ2n) is 7.51. The van der Waals surface area contributed by atoms with Gasteiger partial charge >= 0.3 is 0 Å². The van der Waals surface area contributed by atoms with Gasteiger partial charge in [-0.1, -0.05) is 18.2 Å². The van der Waals surface area contributed by atoms with E-state index in [2.05, 4.69) is 25.4 Å². The van der Waals surface area contributed by atoms with E-state index >= 15 is 0 Å². The van der Waals surface area contributed by atoms with E-state index in [0.717, 1.165) is 17.3 Å². The molecular formula is C21H25N7O2. The molecule has 2 amide bonds. The minimum absolute atomic E-state index is 0.0772. The van der Waals surface area contributed by atoms with E-state index < -0.39 is 6.04 Å². The molecule has 156 valence electrons. The van der Waals surface area contributed by atoms with Crippen molar-refractivity contribution in [1.29, 1.82) is 0 Å². The minimum Gasteiger partial charge on any atom is -0.353 e. The first-order valence-electron chi connectivity index (χ1n) is 10.0. The van der Waals surface area contributed by atoms with Crippen molar-refractivity contribution in [2.75, 3.05) is 31.1 Å². The molecule has 9 nitrogen and oxygen atoms in total. The number of piperazine rings is 1. The summed E-state index contributed by atoms with van der Waals surface area (Å²) >= 11 is 0. The number of carbonyl (C=O) groups is 2. The lowest BCUT2D eigenvalue weighted by Gasteiger charge is -2.36. The molecule has 1 saturated heterocycles. The Balaban J connectivity index is 1.37. The first-order valence-corrected chi connectivity index (χ1v) is 10.0. The maximum Gasteiger partial charge on any atom is 0.257 e. The SMILES string of the molecule is Cc1cc(N2CCN(C(=O)[C@H](C)NC(=O)c3ccccc3)CC2)nc2nnc(C)n12. The van der Waals surface area contributed by atoms with Gasteiger partial charge in [0.2, 0.25) is 5.91 Å². The maximum absolute atomic E-state index is 12.8. The van der Waals surface area contributed by atoms with Crippen molar-refractivity contribution in [3.8, 4) is 0 Å². The van der Waals surface area contributed by atoms with Gasteiger partial charge in [-0.15, -0.1) is 10.2 Å². The molecule has 0 spiro atoms. The van der Waals surface area contributed by atoms with Gasteiger partial charge in [-0.2, -0.15) is 4.98 Å². The molecule has 1 aliphatic rings. The zero-order valence-corrected chi connectivity index (χ0v) is 17.4. The van der Waals surface area contributed by atoms with E-state index in [0.29, 0.717) is 37.5 Å². The number of aryl methyl sites for hydroxylation is 2. The molecule has 0 radical (unpaired) electrons. The van der Waals surface area contributed by atoms with Crippen molar-refractivity contribution < 1.29 is 9.59 Å². The van der Waals surface area contributed by atoms with E-state index in [9.17, 15) is 9.59 Å². The number of nitrogens with zero attached hydrogens (tertiary/aromatic N) is 6. The Kier molecular flexibility index (Phi) is 5.35. The standard InChI is InChI=1S/C21H25N7O2/c1-14-13-18(23-21-25-24-16(3)28(14)21)26-9-11-27(12-10-26)20(30)15(2)22-19(29)17-7-5-4-6-8-17/h4-8,13,15H,9-12H2,1-3H3,(H,22,29)/t15-/m0/s1. The Labute approximate surface area is 174 Å². The molecule has 0 unspecified atom stereocenters. The third kappa shape index (κ3) is 3.83. The van der Waals surface area contributed by atoms with Gasteiger partial charge in [0, 0.05) is 43.5 Å². The lowest BCUT2D eigenvalue weighted by molar-refractivity contribution is -0.133. The first-order chi connectivity index (χ1) is 14.4. The summed E-state index contributed by atoms with van der Waals surface area (Å²) in [5, 5.41) is 11.0. The van der Waals surface area contributed by atoms with Gasteiger partial charge in [0.1, 0.15) is 17.7 Å². The summed E-state index contributed by atoms with van der Waals surface area (Å²) in [5.41, 5.74) is 1.57. The van der Waals surface area contributed by atoms with Crippen LogP contribution in [0.2, 0.25) is 0 Å². The van der Waals surface area contributed by atoms with Crippen LogP contribution in [0.15, 0.2) is 36.4 Å². The molecular weight excluding hydrogens is 382 g/mol. The monoisotopic (exact) mass is 407 g/mol. The Bertz CT molecular complexity index is 1070. The summed E-state index contributed by atoms with van der Waals surface area (Å²) in [5.74, 6) is 1.91. The van der Waals surface area contributed by atoms with Crippen LogP contribution in [0.4, 0.5) is 5.82 Å². The number of nitrogens with one attached hydrogen (secondary N) is 1. The second-order valence-corrected chi connectivity index (χ2v) is 7.51. The maximum atomic E-state index is 12.8. The summed E-state index contributed by atoms with van der Waals surface area (Å²) in [4.78, 5) is 33.7. The highest BCUT2D eigenvalue weighted by Crippen LogP contribution is 2.18. The number of benzene rings is 1. The number of carbonyl (C=O) groups excluding carboxylic acids is 2. The average molecular weight is 407 g/mol. The molecule has 30 heavy (non-hydrogen) atoms. The highest BCUT2D eigenvalue weighted by Gasteiger charge is 2.27. The predicted octanol–water partition coefficient (Wildman–Crippen LogP) is 1.21. The minimum atomic E-state index is -0.583. The zero-order valence-electron chi connectivity index (χ0n) is 17.4. The van der Waals surface area contributed by atoms with E-state index in [4.69, 9.17) is 0 Å². The highest BCUT2D eigenvalue weighted by molar-refractivity contribution is 5.97. The van der Waals surface area contributed by atoms with Crippen LogP contribution in [0.25, 0.3) is 5.78 Å². The molecule has 1 fully saturated rings. The van der Waals surface area contributed by atoms with Gasteiger partial charge in [-0.25, -0.2) is 0 Å². The summed E-state index contributed by atoms with van der Waals surface area (Å²) in [6.07, 6.45) is 0. The fourth-order valence-corrected chi connectivity index (χ4v) is 3.75. The van der Waals surface area contributed by atoms with Crippen molar-refractivity contribution in [1.82, 2.24) is 29.8 Å². The Hall–Kier alpha value is -3.49. The molecule has 1 N–H and O–H groups in total. The highest BCUT2D eigenvalue weighted by atomic mass is 16.2. The van der Waals surface area contributed by atoms with Crippen LogP contribution in [-0.2, 0) is 4.79 Å². The van der Waals surface area contributed by atoms with Gasteiger partial charge in [0.05, 0.1) is 0 Å². The van der Waals surface area contributed by atoms with Crippen molar-refractivity contribution in [3.63, 3.8) is 0 Å². The Morgan fingerprint density at radius 2 is 1.73 bits per heavy atom. The molecule has 3 heterocycles. The summed E-state index contributed by atoms with van der Waals surface area (Å²) in [7, 11) is 0. The molecule has 2 aromatic heterocycles. The number of fused-ring (bicyclic) bond motifs is 1. The fraction of sp³-hybridized carbons (Fsp3) is 0.381. The van der Waals surface area contributed by atoms with E-state index in [1.807, 2.05) is 30.4 Å². The Morgan fingerprint density at radius 3 is 2.43 bits per heavy atom. The molecule has 1 aliphatic heterocycles. The largest absolute Gasteiger partial charge is 0.353 e. The normalized spacial score (nSPS) is 15.3. The molecule has 4 rings (SSSR count). The van der Waals surface area contributed by atoms with Crippen LogP contribution in [0, 0.1) is 13.8 Å². The van der Waals surface area contributed by atoms with Gasteiger partial charge < -0.3 is 15.1 Å². The fourth-order valence-electron chi connectivity index (χ4n) is 3.75. The molecule has 1 atom stereocenters. The van der Waals surface area contributed by atoms with Gasteiger partial charge in [0.25, 0.3) is 11.7 Å². The number of rotatable bonds is 4.